The van der Waals surface area contributed by atoms with Crippen LogP contribution in [0.15, 0.2) is 42.2 Å². The summed E-state index contributed by atoms with van der Waals surface area (Å²) < 4.78 is 0. The predicted octanol–water partition coefficient (Wildman–Crippen LogP) is 1.93. The number of benzene rings is 1. The molecular weight excluding hydrogens is 148 g/mol. The molecule has 0 atom stereocenters. The zero-order valence-electron chi connectivity index (χ0n) is 6.88. The molecule has 0 bridgehead atoms. The van der Waals surface area contributed by atoms with E-state index in [2.05, 4.69) is 28.8 Å². The number of rotatable bonds is 2. The summed E-state index contributed by atoms with van der Waals surface area (Å²) in [5.74, 6) is 1.13. The Hall–Kier alpha value is -1.44. The van der Waals surface area contributed by atoms with Crippen LogP contribution < -0.4 is 10.6 Å². The van der Waals surface area contributed by atoms with Gasteiger partial charge in [-0.05, 0) is 24.6 Å². The third kappa shape index (κ3) is 1.59. The van der Waals surface area contributed by atoms with Gasteiger partial charge in [0.25, 0.3) is 0 Å². The lowest BCUT2D eigenvalue weighted by Gasteiger charge is -2.07. The second-order valence-electron chi connectivity index (χ2n) is 2.82. The molecular formula is C10H12N2. The monoisotopic (exact) mass is 160 g/mol. The van der Waals surface area contributed by atoms with Crippen molar-refractivity contribution in [2.45, 2.75) is 6.42 Å². The summed E-state index contributed by atoms with van der Waals surface area (Å²) in [6.45, 7) is 1.05. The minimum Gasteiger partial charge on any atom is -0.372 e. The third-order valence-electron chi connectivity index (χ3n) is 1.86. The zero-order valence-corrected chi connectivity index (χ0v) is 6.88. The van der Waals surface area contributed by atoms with E-state index in [1.165, 1.54) is 0 Å². The first kappa shape index (κ1) is 7.22. The molecule has 0 saturated heterocycles. The summed E-state index contributed by atoms with van der Waals surface area (Å²) in [4.78, 5) is 0. The lowest BCUT2D eigenvalue weighted by molar-refractivity contribution is 0.879. The van der Waals surface area contributed by atoms with Crippen LogP contribution in [-0.4, -0.2) is 6.54 Å². The van der Waals surface area contributed by atoms with Crippen molar-refractivity contribution in [2.75, 3.05) is 11.9 Å². The van der Waals surface area contributed by atoms with Gasteiger partial charge in [-0.2, -0.15) is 0 Å². The van der Waals surface area contributed by atoms with Crippen LogP contribution >= 0.6 is 0 Å². The Labute approximate surface area is 72.3 Å². The highest BCUT2D eigenvalue weighted by molar-refractivity contribution is 5.47. The molecule has 0 fully saturated rings. The van der Waals surface area contributed by atoms with E-state index in [-0.39, 0.29) is 0 Å². The van der Waals surface area contributed by atoms with Crippen molar-refractivity contribution in [2.24, 2.45) is 0 Å². The van der Waals surface area contributed by atoms with Crippen molar-refractivity contribution in [3.8, 4) is 0 Å². The fourth-order valence-electron chi connectivity index (χ4n) is 1.27. The fourth-order valence-corrected chi connectivity index (χ4v) is 1.27. The van der Waals surface area contributed by atoms with Gasteiger partial charge in [-0.15, -0.1) is 0 Å². The van der Waals surface area contributed by atoms with Gasteiger partial charge >= 0.3 is 0 Å². The molecule has 1 aliphatic heterocycles. The number of hydrogen-bond acceptors (Lipinski definition) is 2. The van der Waals surface area contributed by atoms with Gasteiger partial charge in [-0.1, -0.05) is 18.2 Å². The molecule has 2 nitrogen and oxygen atoms in total. The van der Waals surface area contributed by atoms with Crippen molar-refractivity contribution in [1.82, 2.24) is 5.32 Å². The molecule has 0 unspecified atom stereocenters. The summed E-state index contributed by atoms with van der Waals surface area (Å²) in [6.07, 6.45) is 3.29. The van der Waals surface area contributed by atoms with E-state index in [1.54, 1.807) is 0 Å². The van der Waals surface area contributed by atoms with Crippen LogP contribution in [0, 0.1) is 0 Å². The maximum Gasteiger partial charge on any atom is 0.0990 e. The topological polar surface area (TPSA) is 24.1 Å². The van der Waals surface area contributed by atoms with E-state index in [1.807, 2.05) is 18.2 Å². The molecule has 0 spiro atoms. The molecule has 2 heteroatoms. The van der Waals surface area contributed by atoms with Gasteiger partial charge in [-0.3, -0.25) is 0 Å². The van der Waals surface area contributed by atoms with Crippen LogP contribution in [0.2, 0.25) is 0 Å². The molecule has 0 aliphatic carbocycles. The van der Waals surface area contributed by atoms with Crippen molar-refractivity contribution in [1.29, 1.82) is 0 Å². The van der Waals surface area contributed by atoms with E-state index in [9.17, 15) is 0 Å². The number of nitrogens with one attached hydrogen (secondary N) is 2. The summed E-state index contributed by atoms with van der Waals surface area (Å²) in [5, 5.41) is 6.55. The Morgan fingerprint density at radius 1 is 1.17 bits per heavy atom. The van der Waals surface area contributed by atoms with E-state index in [4.69, 9.17) is 0 Å². The molecule has 0 amide bonds. The SMILES string of the molecule is C1=C(Nc2ccccc2)NCC1. The summed E-state index contributed by atoms with van der Waals surface area (Å²) in [6, 6.07) is 10.2. The second kappa shape index (κ2) is 3.30. The molecule has 12 heavy (non-hydrogen) atoms. The summed E-state index contributed by atoms with van der Waals surface area (Å²) >= 11 is 0. The molecule has 2 N–H and O–H groups in total. The smallest absolute Gasteiger partial charge is 0.0990 e. The Kier molecular flexibility index (Phi) is 1.99. The highest BCUT2D eigenvalue weighted by Gasteiger charge is 2.01. The van der Waals surface area contributed by atoms with Crippen molar-refractivity contribution in [3.63, 3.8) is 0 Å². The Morgan fingerprint density at radius 2 is 2.00 bits per heavy atom. The Balaban J connectivity index is 2.04. The van der Waals surface area contributed by atoms with E-state index in [0.29, 0.717) is 0 Å². The van der Waals surface area contributed by atoms with Crippen molar-refractivity contribution >= 4 is 5.69 Å². The van der Waals surface area contributed by atoms with Gasteiger partial charge in [0.15, 0.2) is 0 Å². The van der Waals surface area contributed by atoms with Crippen LogP contribution in [0.1, 0.15) is 6.42 Å². The van der Waals surface area contributed by atoms with Gasteiger partial charge in [-0.25, -0.2) is 0 Å². The zero-order chi connectivity index (χ0) is 8.23. The second-order valence-corrected chi connectivity index (χ2v) is 2.82. The fraction of sp³-hybridized carbons (Fsp3) is 0.200. The lowest BCUT2D eigenvalue weighted by Crippen LogP contribution is -2.14. The number of anilines is 1. The lowest BCUT2D eigenvalue weighted by atomic mass is 10.3. The van der Waals surface area contributed by atoms with E-state index >= 15 is 0 Å². The van der Waals surface area contributed by atoms with Crippen molar-refractivity contribution < 1.29 is 0 Å². The Bertz CT molecular complexity index is 277. The normalized spacial score (nSPS) is 15.2. The molecule has 1 aliphatic rings. The first-order valence-electron chi connectivity index (χ1n) is 4.21. The van der Waals surface area contributed by atoms with E-state index < -0.39 is 0 Å². The van der Waals surface area contributed by atoms with Gasteiger partial charge < -0.3 is 10.6 Å². The standard InChI is InChI=1S/C10H12N2/c1-2-5-9(6-3-1)12-10-7-4-8-11-10/h1-3,5-7,11-12H,4,8H2. The number of para-hydroxylation sites is 1. The minimum atomic E-state index is 1.05. The molecule has 0 radical (unpaired) electrons. The van der Waals surface area contributed by atoms with Gasteiger partial charge in [0.1, 0.15) is 0 Å². The van der Waals surface area contributed by atoms with Crippen LogP contribution in [0.4, 0.5) is 5.69 Å². The van der Waals surface area contributed by atoms with Crippen LogP contribution in [0.5, 0.6) is 0 Å². The first-order valence-corrected chi connectivity index (χ1v) is 4.21. The summed E-state index contributed by atoms with van der Waals surface area (Å²) in [7, 11) is 0. The maximum absolute atomic E-state index is 3.29. The minimum absolute atomic E-state index is 1.05. The molecule has 2 rings (SSSR count). The number of hydrogen-bond donors (Lipinski definition) is 2. The summed E-state index contributed by atoms with van der Waals surface area (Å²) in [5.41, 5.74) is 1.14. The van der Waals surface area contributed by atoms with Gasteiger partial charge in [0.2, 0.25) is 0 Å². The highest BCUT2D eigenvalue weighted by Crippen LogP contribution is 2.09. The predicted molar refractivity (Wildman–Crippen MR) is 50.8 cm³/mol. The van der Waals surface area contributed by atoms with Crippen LogP contribution in [0.3, 0.4) is 0 Å². The third-order valence-corrected chi connectivity index (χ3v) is 1.86. The van der Waals surface area contributed by atoms with Crippen LogP contribution in [0.25, 0.3) is 0 Å². The van der Waals surface area contributed by atoms with Gasteiger partial charge in [0.05, 0.1) is 5.82 Å². The molecule has 0 aromatic heterocycles. The largest absolute Gasteiger partial charge is 0.372 e. The first-order chi connectivity index (χ1) is 5.95. The maximum atomic E-state index is 3.29. The average molecular weight is 160 g/mol. The molecule has 1 aromatic carbocycles. The van der Waals surface area contributed by atoms with Crippen LogP contribution in [-0.2, 0) is 0 Å². The molecule has 62 valence electrons. The molecule has 1 aromatic rings. The average Bonchev–Trinajstić information content (AvgIpc) is 2.59. The van der Waals surface area contributed by atoms with E-state index in [0.717, 1.165) is 24.5 Å². The highest BCUT2D eigenvalue weighted by atomic mass is 15.1. The van der Waals surface area contributed by atoms with Crippen molar-refractivity contribution in [3.05, 3.63) is 42.2 Å². The molecule has 1 heterocycles. The molecule has 0 saturated carbocycles. The van der Waals surface area contributed by atoms with Gasteiger partial charge in [0, 0.05) is 12.2 Å². The Morgan fingerprint density at radius 3 is 2.67 bits per heavy atom. The quantitative estimate of drug-likeness (QED) is 0.690.